The maximum Gasteiger partial charge on any atom is 0.416 e. The van der Waals surface area contributed by atoms with Gasteiger partial charge in [0.05, 0.1) is 18.0 Å². The molecule has 1 N–H and O–H groups in total. The average Bonchev–Trinajstić information content (AvgIpc) is 2.56. The number of halogens is 3. The number of carbonyl (C=O) groups is 2. The second kappa shape index (κ2) is 8.73. The molecule has 27 heavy (non-hydrogen) atoms. The summed E-state index contributed by atoms with van der Waals surface area (Å²) in [6, 6.07) is 4.38. The van der Waals surface area contributed by atoms with Gasteiger partial charge >= 0.3 is 6.18 Å². The van der Waals surface area contributed by atoms with Crippen LogP contribution in [0.3, 0.4) is 0 Å². The average molecular weight is 385 g/mol. The largest absolute Gasteiger partial charge is 0.416 e. The van der Waals surface area contributed by atoms with Crippen LogP contribution in [0, 0.1) is 5.92 Å². The van der Waals surface area contributed by atoms with E-state index in [0.717, 1.165) is 12.1 Å². The molecule has 1 aliphatic rings. The molecule has 0 bridgehead atoms. The first-order valence-corrected chi connectivity index (χ1v) is 8.99. The first-order valence-electron chi connectivity index (χ1n) is 8.99. The second-order valence-corrected chi connectivity index (χ2v) is 7.35. The monoisotopic (exact) mass is 385 g/mol. The Hall–Kier alpha value is -2.09. The van der Waals surface area contributed by atoms with Gasteiger partial charge < -0.3 is 10.2 Å². The number of hydrogen-bond acceptors (Lipinski definition) is 3. The number of hydrogen-bond donors (Lipinski definition) is 1. The van der Waals surface area contributed by atoms with Crippen molar-refractivity contribution in [3.05, 3.63) is 35.4 Å². The molecule has 0 aliphatic carbocycles. The number of benzene rings is 1. The van der Waals surface area contributed by atoms with Gasteiger partial charge in [0, 0.05) is 33.2 Å². The van der Waals surface area contributed by atoms with Crippen LogP contribution in [-0.2, 0) is 22.3 Å². The Morgan fingerprint density at radius 2 is 2.07 bits per heavy atom. The van der Waals surface area contributed by atoms with Gasteiger partial charge in [-0.15, -0.1) is 0 Å². The zero-order valence-corrected chi connectivity index (χ0v) is 15.8. The van der Waals surface area contributed by atoms with Crippen LogP contribution >= 0.6 is 0 Å². The molecule has 0 unspecified atom stereocenters. The summed E-state index contributed by atoms with van der Waals surface area (Å²) in [6.07, 6.45) is -4.41. The van der Waals surface area contributed by atoms with Gasteiger partial charge in [0.15, 0.2) is 0 Å². The Kier molecular flexibility index (Phi) is 6.86. The van der Waals surface area contributed by atoms with Crippen molar-refractivity contribution in [2.45, 2.75) is 39.0 Å². The van der Waals surface area contributed by atoms with Crippen LogP contribution in [0.5, 0.6) is 0 Å². The van der Waals surface area contributed by atoms with Gasteiger partial charge in [0.2, 0.25) is 11.8 Å². The van der Waals surface area contributed by atoms with Crippen LogP contribution in [-0.4, -0.2) is 54.3 Å². The maximum absolute atomic E-state index is 12.8. The molecule has 1 aliphatic heterocycles. The number of rotatable bonds is 6. The topological polar surface area (TPSA) is 52.7 Å². The lowest BCUT2D eigenvalue weighted by molar-refractivity contribution is -0.138. The van der Waals surface area contributed by atoms with Crippen molar-refractivity contribution in [1.82, 2.24) is 15.1 Å². The van der Waals surface area contributed by atoms with E-state index >= 15 is 0 Å². The summed E-state index contributed by atoms with van der Waals surface area (Å²) in [7, 11) is 1.54. The van der Waals surface area contributed by atoms with Crippen molar-refractivity contribution in [2.24, 2.45) is 5.92 Å². The molecule has 1 atom stereocenters. The lowest BCUT2D eigenvalue weighted by Crippen LogP contribution is -2.57. The van der Waals surface area contributed by atoms with E-state index in [0.29, 0.717) is 31.1 Å². The van der Waals surface area contributed by atoms with Crippen LogP contribution < -0.4 is 5.32 Å². The number of amides is 2. The van der Waals surface area contributed by atoms with Gasteiger partial charge in [-0.3, -0.25) is 14.5 Å². The molecular formula is C19H26F3N3O2. The summed E-state index contributed by atoms with van der Waals surface area (Å²) < 4.78 is 38.5. The van der Waals surface area contributed by atoms with Gasteiger partial charge in [0.25, 0.3) is 0 Å². The van der Waals surface area contributed by atoms with Crippen LogP contribution in [0.2, 0.25) is 0 Å². The highest BCUT2D eigenvalue weighted by atomic mass is 19.4. The van der Waals surface area contributed by atoms with E-state index in [-0.39, 0.29) is 24.8 Å². The third-order valence-electron chi connectivity index (χ3n) is 4.51. The summed E-state index contributed by atoms with van der Waals surface area (Å²) >= 11 is 0. The fourth-order valence-corrected chi connectivity index (χ4v) is 3.20. The molecule has 1 aromatic carbocycles. The summed E-state index contributed by atoms with van der Waals surface area (Å²) in [5.41, 5.74) is -0.344. The van der Waals surface area contributed by atoms with Crippen LogP contribution in [0.25, 0.3) is 0 Å². The lowest BCUT2D eigenvalue weighted by Gasteiger charge is -2.36. The van der Waals surface area contributed by atoms with Crippen molar-refractivity contribution < 1.29 is 22.8 Å². The molecule has 5 nitrogen and oxygen atoms in total. The van der Waals surface area contributed by atoms with E-state index in [1.54, 1.807) is 6.07 Å². The van der Waals surface area contributed by atoms with Crippen LogP contribution in [0.15, 0.2) is 24.3 Å². The Bertz CT molecular complexity index is 676. The van der Waals surface area contributed by atoms with Gasteiger partial charge in [-0.25, -0.2) is 0 Å². The fourth-order valence-electron chi connectivity index (χ4n) is 3.20. The molecule has 1 heterocycles. The Morgan fingerprint density at radius 3 is 2.70 bits per heavy atom. The van der Waals surface area contributed by atoms with Crippen LogP contribution in [0.4, 0.5) is 13.2 Å². The van der Waals surface area contributed by atoms with E-state index in [9.17, 15) is 22.8 Å². The van der Waals surface area contributed by atoms with Crippen molar-refractivity contribution in [1.29, 1.82) is 0 Å². The van der Waals surface area contributed by atoms with Gasteiger partial charge in [-0.2, -0.15) is 13.2 Å². The molecule has 150 valence electrons. The Labute approximate surface area is 157 Å². The number of alkyl halides is 3. The molecule has 1 fully saturated rings. The molecule has 0 radical (unpaired) electrons. The Morgan fingerprint density at radius 1 is 1.37 bits per heavy atom. The first kappa shape index (κ1) is 21.2. The van der Waals surface area contributed by atoms with E-state index < -0.39 is 17.8 Å². The minimum atomic E-state index is -4.42. The molecule has 1 saturated heterocycles. The molecule has 2 rings (SSSR count). The standard InChI is InChI=1S/C19H26F3N3O2/c1-13(2)11-25-8-7-23-18(27)16(25)10-17(26)24(3)12-14-5-4-6-15(9-14)19(20,21)22/h4-6,9,13,16H,7-8,10-12H2,1-3H3,(H,23,27)/t16-/m1/s1. The summed E-state index contributed by atoms with van der Waals surface area (Å²) in [6.45, 7) is 6.09. The SMILES string of the molecule is CC(C)CN1CCNC(=O)[C@H]1CC(=O)N(C)Cc1cccc(C(F)(F)F)c1. The highest BCUT2D eigenvalue weighted by Gasteiger charge is 2.33. The van der Waals surface area contributed by atoms with Gasteiger partial charge in [-0.05, 0) is 23.6 Å². The second-order valence-electron chi connectivity index (χ2n) is 7.35. The lowest BCUT2D eigenvalue weighted by atomic mass is 10.0. The fraction of sp³-hybridized carbons (Fsp3) is 0.579. The summed E-state index contributed by atoms with van der Waals surface area (Å²) in [5.74, 6) is -0.0951. The molecular weight excluding hydrogens is 359 g/mol. The molecule has 0 saturated carbocycles. The highest BCUT2D eigenvalue weighted by molar-refractivity contribution is 5.88. The predicted molar refractivity (Wildman–Crippen MR) is 95.7 cm³/mol. The molecule has 0 aromatic heterocycles. The van der Waals surface area contributed by atoms with Crippen molar-refractivity contribution >= 4 is 11.8 Å². The third-order valence-corrected chi connectivity index (χ3v) is 4.51. The molecule has 1 aromatic rings. The molecule has 2 amide bonds. The predicted octanol–water partition coefficient (Wildman–Crippen LogP) is 2.51. The van der Waals surface area contributed by atoms with Gasteiger partial charge in [-0.1, -0.05) is 26.0 Å². The van der Waals surface area contributed by atoms with Gasteiger partial charge in [0.1, 0.15) is 0 Å². The first-order chi connectivity index (χ1) is 12.6. The van der Waals surface area contributed by atoms with E-state index in [1.807, 2.05) is 18.7 Å². The zero-order valence-electron chi connectivity index (χ0n) is 15.8. The summed E-state index contributed by atoms with van der Waals surface area (Å²) in [4.78, 5) is 28.1. The number of nitrogens with zero attached hydrogens (tertiary/aromatic N) is 2. The molecule has 8 heteroatoms. The minimum Gasteiger partial charge on any atom is -0.353 e. The number of piperazine rings is 1. The molecule has 0 spiro atoms. The van der Waals surface area contributed by atoms with Crippen molar-refractivity contribution in [3.8, 4) is 0 Å². The number of nitrogens with one attached hydrogen (secondary N) is 1. The van der Waals surface area contributed by atoms with E-state index in [4.69, 9.17) is 0 Å². The maximum atomic E-state index is 12.8. The van der Waals surface area contributed by atoms with E-state index in [2.05, 4.69) is 5.32 Å². The summed E-state index contributed by atoms with van der Waals surface area (Å²) in [5, 5.41) is 2.78. The smallest absolute Gasteiger partial charge is 0.353 e. The van der Waals surface area contributed by atoms with Crippen molar-refractivity contribution in [2.75, 3.05) is 26.7 Å². The third kappa shape index (κ3) is 5.95. The Balaban J connectivity index is 2.03. The normalized spacial score (nSPS) is 18.5. The van der Waals surface area contributed by atoms with Crippen molar-refractivity contribution in [3.63, 3.8) is 0 Å². The quantitative estimate of drug-likeness (QED) is 0.819. The number of carbonyl (C=O) groups excluding carboxylic acids is 2. The zero-order chi connectivity index (χ0) is 20.2. The minimum absolute atomic E-state index is 0.00795. The highest BCUT2D eigenvalue weighted by Crippen LogP contribution is 2.29. The van der Waals surface area contributed by atoms with Crippen LogP contribution in [0.1, 0.15) is 31.4 Å². The van der Waals surface area contributed by atoms with E-state index in [1.165, 1.54) is 18.0 Å².